The van der Waals surface area contributed by atoms with Gasteiger partial charge in [0, 0.05) is 12.8 Å². The fourth-order valence-corrected chi connectivity index (χ4v) is 6.10. The second-order valence-corrected chi connectivity index (χ2v) is 15.1. The number of aliphatic hydroxyl groups is 1. The van der Waals surface area contributed by atoms with E-state index in [0.29, 0.717) is 12.8 Å². The average Bonchev–Trinajstić information content (AvgIpc) is 3.02. The number of hydrogen-bond acceptors (Lipinski definition) is 5. The summed E-state index contributed by atoms with van der Waals surface area (Å²) >= 11 is 0. The predicted molar refractivity (Wildman–Crippen MR) is 196 cm³/mol. The van der Waals surface area contributed by atoms with E-state index in [1.54, 1.807) is 0 Å². The zero-order valence-electron chi connectivity index (χ0n) is 31.4. The Balaban J connectivity index is 3.38. The van der Waals surface area contributed by atoms with Crippen LogP contribution in [-0.2, 0) is 19.1 Å². The van der Waals surface area contributed by atoms with Gasteiger partial charge in [-0.15, -0.1) is 0 Å². The molecule has 0 aliphatic carbocycles. The average molecular weight is 653 g/mol. The number of carbonyl (C=O) groups excluding carboxylic acids is 2. The molecule has 0 radical (unpaired) electrons. The molecule has 0 unspecified atom stereocenters. The van der Waals surface area contributed by atoms with Crippen molar-refractivity contribution in [1.29, 1.82) is 0 Å². The van der Waals surface area contributed by atoms with Crippen molar-refractivity contribution in [1.82, 2.24) is 0 Å². The van der Waals surface area contributed by atoms with Crippen molar-refractivity contribution < 1.29 is 24.2 Å². The topological polar surface area (TPSA) is 72.8 Å². The van der Waals surface area contributed by atoms with E-state index >= 15 is 0 Å². The standard InChI is InChI=1S/C41H80O5/c1-37(2)31-27-23-19-15-11-7-5-6-8-13-17-21-25-29-33-40(43)45-35-39(42)36-46-41(44)34-30-26-22-18-14-10-9-12-16-20-24-28-32-38(3)4/h37-39,42H,5-36H2,1-4H3/t39-/m0/s1. The van der Waals surface area contributed by atoms with Gasteiger partial charge in [0.25, 0.3) is 0 Å². The highest BCUT2D eigenvalue weighted by Gasteiger charge is 2.12. The molecule has 5 nitrogen and oxygen atoms in total. The second-order valence-electron chi connectivity index (χ2n) is 15.1. The first kappa shape index (κ1) is 44.9. The van der Waals surface area contributed by atoms with Gasteiger partial charge in [0.1, 0.15) is 19.3 Å². The Hall–Kier alpha value is -1.10. The monoisotopic (exact) mass is 653 g/mol. The molecule has 0 saturated carbocycles. The van der Waals surface area contributed by atoms with Gasteiger partial charge < -0.3 is 14.6 Å². The minimum absolute atomic E-state index is 0.109. The summed E-state index contributed by atoms with van der Waals surface area (Å²) in [6.07, 6.45) is 35.9. The first-order valence-corrected chi connectivity index (χ1v) is 20.3. The van der Waals surface area contributed by atoms with E-state index in [1.165, 1.54) is 154 Å². The number of carbonyl (C=O) groups is 2. The zero-order valence-corrected chi connectivity index (χ0v) is 31.4. The molecule has 5 heteroatoms. The smallest absolute Gasteiger partial charge is 0.305 e. The van der Waals surface area contributed by atoms with E-state index < -0.39 is 6.10 Å². The van der Waals surface area contributed by atoms with Crippen molar-refractivity contribution in [3.63, 3.8) is 0 Å². The van der Waals surface area contributed by atoms with Gasteiger partial charge in [-0.1, -0.05) is 195 Å². The molecular formula is C41H80O5. The van der Waals surface area contributed by atoms with Gasteiger partial charge in [0.05, 0.1) is 0 Å². The molecule has 274 valence electrons. The molecule has 0 spiro atoms. The maximum Gasteiger partial charge on any atom is 0.305 e. The highest BCUT2D eigenvalue weighted by molar-refractivity contribution is 5.69. The molecule has 0 rings (SSSR count). The normalized spacial score (nSPS) is 12.2. The molecule has 1 atom stereocenters. The van der Waals surface area contributed by atoms with Crippen LogP contribution in [0.3, 0.4) is 0 Å². The van der Waals surface area contributed by atoms with Gasteiger partial charge in [-0.2, -0.15) is 0 Å². The highest BCUT2D eigenvalue weighted by atomic mass is 16.6. The number of rotatable bonds is 36. The molecule has 1 N–H and O–H groups in total. The summed E-state index contributed by atoms with van der Waals surface area (Å²) in [6, 6.07) is 0. The first-order valence-electron chi connectivity index (χ1n) is 20.3. The number of hydrogen-bond donors (Lipinski definition) is 1. The number of unbranched alkanes of at least 4 members (excludes halogenated alkanes) is 24. The molecule has 0 aromatic carbocycles. The summed E-state index contributed by atoms with van der Waals surface area (Å²) in [5.74, 6) is 1.14. The molecule has 0 heterocycles. The van der Waals surface area contributed by atoms with Crippen molar-refractivity contribution in [2.75, 3.05) is 13.2 Å². The summed E-state index contributed by atoms with van der Waals surface area (Å²) in [5.41, 5.74) is 0. The molecule has 0 aromatic heterocycles. The Morgan fingerprint density at radius 3 is 0.848 bits per heavy atom. The third-order valence-electron chi connectivity index (χ3n) is 9.20. The maximum atomic E-state index is 12.0. The zero-order chi connectivity index (χ0) is 33.9. The Morgan fingerprint density at radius 1 is 0.391 bits per heavy atom. The highest BCUT2D eigenvalue weighted by Crippen LogP contribution is 2.16. The Labute approximate surface area is 287 Å². The van der Waals surface area contributed by atoms with Crippen molar-refractivity contribution in [3.8, 4) is 0 Å². The molecular weight excluding hydrogens is 572 g/mol. The van der Waals surface area contributed by atoms with Crippen LogP contribution in [0, 0.1) is 11.8 Å². The van der Waals surface area contributed by atoms with E-state index in [2.05, 4.69) is 27.7 Å². The summed E-state index contributed by atoms with van der Waals surface area (Å²) in [5, 5.41) is 10.0. The van der Waals surface area contributed by atoms with E-state index in [4.69, 9.17) is 9.47 Å². The van der Waals surface area contributed by atoms with Crippen molar-refractivity contribution in [2.24, 2.45) is 11.8 Å². The van der Waals surface area contributed by atoms with E-state index in [9.17, 15) is 14.7 Å². The van der Waals surface area contributed by atoms with Crippen LogP contribution >= 0.6 is 0 Å². The molecule has 0 aliphatic heterocycles. The molecule has 0 amide bonds. The van der Waals surface area contributed by atoms with E-state index in [0.717, 1.165) is 37.5 Å². The van der Waals surface area contributed by atoms with Gasteiger partial charge in [-0.3, -0.25) is 9.59 Å². The van der Waals surface area contributed by atoms with Gasteiger partial charge in [0.15, 0.2) is 0 Å². The van der Waals surface area contributed by atoms with Crippen LogP contribution in [0.1, 0.15) is 220 Å². The molecule has 0 aliphatic rings. The molecule has 0 bridgehead atoms. The van der Waals surface area contributed by atoms with Gasteiger partial charge in [0.2, 0.25) is 0 Å². The van der Waals surface area contributed by atoms with Crippen LogP contribution in [0.15, 0.2) is 0 Å². The van der Waals surface area contributed by atoms with E-state index in [-0.39, 0.29) is 25.2 Å². The quantitative estimate of drug-likeness (QED) is 0.0538. The first-order chi connectivity index (χ1) is 22.3. The van der Waals surface area contributed by atoms with Gasteiger partial charge in [-0.25, -0.2) is 0 Å². The lowest BCUT2D eigenvalue weighted by atomic mass is 10.0. The van der Waals surface area contributed by atoms with Crippen molar-refractivity contribution in [2.45, 2.75) is 226 Å². The van der Waals surface area contributed by atoms with Gasteiger partial charge in [-0.05, 0) is 24.7 Å². The number of ether oxygens (including phenoxy) is 2. The second kappa shape index (κ2) is 35.2. The minimum atomic E-state index is -0.956. The Morgan fingerprint density at radius 2 is 0.609 bits per heavy atom. The number of esters is 2. The van der Waals surface area contributed by atoms with Crippen molar-refractivity contribution in [3.05, 3.63) is 0 Å². The van der Waals surface area contributed by atoms with Crippen LogP contribution in [0.25, 0.3) is 0 Å². The fraction of sp³-hybridized carbons (Fsp3) is 0.951. The number of aliphatic hydroxyl groups excluding tert-OH is 1. The van der Waals surface area contributed by atoms with Crippen molar-refractivity contribution >= 4 is 11.9 Å². The summed E-state index contributed by atoms with van der Waals surface area (Å²) in [7, 11) is 0. The lowest BCUT2D eigenvalue weighted by Gasteiger charge is -2.12. The van der Waals surface area contributed by atoms with E-state index in [1.807, 2.05) is 0 Å². The Bertz CT molecular complexity index is 647. The fourth-order valence-electron chi connectivity index (χ4n) is 6.10. The van der Waals surface area contributed by atoms with Gasteiger partial charge >= 0.3 is 11.9 Å². The third kappa shape index (κ3) is 37.4. The Kier molecular flexibility index (Phi) is 34.4. The maximum absolute atomic E-state index is 12.0. The minimum Gasteiger partial charge on any atom is -0.463 e. The third-order valence-corrected chi connectivity index (χ3v) is 9.20. The largest absolute Gasteiger partial charge is 0.463 e. The lowest BCUT2D eigenvalue weighted by Crippen LogP contribution is -2.25. The van der Waals surface area contributed by atoms with Crippen LogP contribution in [0.4, 0.5) is 0 Å². The van der Waals surface area contributed by atoms with Crippen LogP contribution in [0.5, 0.6) is 0 Å². The molecule has 0 fully saturated rings. The molecule has 0 aromatic rings. The predicted octanol–water partition coefficient (Wildman–Crippen LogP) is 12.4. The van der Waals surface area contributed by atoms with Crippen LogP contribution < -0.4 is 0 Å². The molecule has 46 heavy (non-hydrogen) atoms. The lowest BCUT2D eigenvalue weighted by molar-refractivity contribution is -0.152. The van der Waals surface area contributed by atoms with Crippen LogP contribution in [-0.4, -0.2) is 36.4 Å². The SMILES string of the molecule is CC(C)CCCCCCCCCCCCCCCCC(=O)OC[C@H](O)COC(=O)CCCCCCCCCCCCCCC(C)C. The summed E-state index contributed by atoms with van der Waals surface area (Å²) in [4.78, 5) is 23.9. The summed E-state index contributed by atoms with van der Waals surface area (Å²) in [6.45, 7) is 9.03. The summed E-state index contributed by atoms with van der Waals surface area (Å²) < 4.78 is 10.3. The van der Waals surface area contributed by atoms with Crippen LogP contribution in [0.2, 0.25) is 0 Å². The molecule has 0 saturated heterocycles.